The summed E-state index contributed by atoms with van der Waals surface area (Å²) in [7, 11) is 1.63. The molecule has 18 heavy (non-hydrogen) atoms. The van der Waals surface area contributed by atoms with E-state index >= 15 is 0 Å². The Balaban J connectivity index is 2.54. The number of hydrogen-bond donors (Lipinski definition) is 1. The fourth-order valence-corrected chi connectivity index (χ4v) is 2.15. The second-order valence-corrected chi connectivity index (χ2v) is 6.34. The summed E-state index contributed by atoms with van der Waals surface area (Å²) in [5.41, 5.74) is 1.06. The molecule has 0 saturated heterocycles. The van der Waals surface area contributed by atoms with Gasteiger partial charge in [0.2, 0.25) is 5.91 Å². The monoisotopic (exact) mass is 313 g/mol. The second kappa shape index (κ2) is 6.23. The van der Waals surface area contributed by atoms with E-state index in [1.807, 2.05) is 18.2 Å². The highest BCUT2D eigenvalue weighted by atomic mass is 79.9. The van der Waals surface area contributed by atoms with E-state index in [0.29, 0.717) is 13.0 Å². The van der Waals surface area contributed by atoms with Gasteiger partial charge in [-0.05, 0) is 39.0 Å². The van der Waals surface area contributed by atoms with Gasteiger partial charge in [-0.15, -0.1) is 0 Å². The van der Waals surface area contributed by atoms with Gasteiger partial charge in [-0.2, -0.15) is 0 Å². The number of benzene rings is 1. The third-order valence-corrected chi connectivity index (χ3v) is 3.02. The average molecular weight is 314 g/mol. The quantitative estimate of drug-likeness (QED) is 0.923. The van der Waals surface area contributed by atoms with Crippen LogP contribution >= 0.6 is 15.9 Å². The summed E-state index contributed by atoms with van der Waals surface area (Å²) >= 11 is 3.43. The van der Waals surface area contributed by atoms with E-state index in [4.69, 9.17) is 4.74 Å². The smallest absolute Gasteiger partial charge is 0.220 e. The Labute approximate surface area is 117 Å². The lowest BCUT2D eigenvalue weighted by Gasteiger charge is -2.17. The third-order valence-electron chi connectivity index (χ3n) is 2.40. The Morgan fingerprint density at radius 3 is 2.56 bits per heavy atom. The van der Waals surface area contributed by atoms with Crippen molar-refractivity contribution in [1.82, 2.24) is 5.32 Å². The predicted molar refractivity (Wildman–Crippen MR) is 76.6 cm³/mol. The molecule has 0 bridgehead atoms. The van der Waals surface area contributed by atoms with Crippen LogP contribution in [0.25, 0.3) is 0 Å². The van der Waals surface area contributed by atoms with Crippen LogP contribution in [0.4, 0.5) is 0 Å². The topological polar surface area (TPSA) is 38.3 Å². The molecule has 1 rings (SSSR count). The van der Waals surface area contributed by atoms with E-state index < -0.39 is 0 Å². The van der Waals surface area contributed by atoms with Crippen molar-refractivity contribution < 1.29 is 9.53 Å². The van der Waals surface area contributed by atoms with Gasteiger partial charge in [-0.1, -0.05) is 26.8 Å². The number of nitrogens with one attached hydrogen (secondary N) is 1. The summed E-state index contributed by atoms with van der Waals surface area (Å²) in [4.78, 5) is 11.7. The van der Waals surface area contributed by atoms with Crippen LogP contribution in [0.1, 0.15) is 32.8 Å². The molecule has 0 aromatic heterocycles. The molecule has 100 valence electrons. The van der Waals surface area contributed by atoms with Crippen molar-refractivity contribution in [1.29, 1.82) is 0 Å². The van der Waals surface area contributed by atoms with Gasteiger partial charge in [-0.25, -0.2) is 0 Å². The minimum absolute atomic E-state index is 0.0184. The molecular weight excluding hydrogens is 294 g/mol. The normalized spacial score (nSPS) is 11.2. The summed E-state index contributed by atoms with van der Waals surface area (Å²) < 4.78 is 6.05. The molecule has 0 aliphatic heterocycles. The van der Waals surface area contributed by atoms with Crippen LogP contribution in [0.15, 0.2) is 22.7 Å². The Kier molecular flexibility index (Phi) is 5.20. The van der Waals surface area contributed by atoms with Crippen LogP contribution in [0.3, 0.4) is 0 Å². The van der Waals surface area contributed by atoms with E-state index in [9.17, 15) is 4.79 Å². The average Bonchev–Trinajstić information content (AvgIpc) is 2.24. The number of carbonyl (C=O) groups is 1. The number of carbonyl (C=O) groups excluding carboxylic acids is 1. The molecule has 1 N–H and O–H groups in total. The molecule has 1 aromatic carbocycles. The lowest BCUT2D eigenvalue weighted by Crippen LogP contribution is -2.27. The van der Waals surface area contributed by atoms with Crippen LogP contribution in [0.2, 0.25) is 0 Å². The van der Waals surface area contributed by atoms with Crippen LogP contribution in [0, 0.1) is 5.41 Å². The van der Waals surface area contributed by atoms with Crippen LogP contribution in [-0.4, -0.2) is 13.0 Å². The maximum Gasteiger partial charge on any atom is 0.220 e. The number of hydrogen-bond acceptors (Lipinski definition) is 2. The van der Waals surface area contributed by atoms with E-state index in [-0.39, 0.29) is 11.3 Å². The largest absolute Gasteiger partial charge is 0.496 e. The van der Waals surface area contributed by atoms with Crippen LogP contribution < -0.4 is 10.1 Å². The molecule has 3 nitrogen and oxygen atoms in total. The first-order valence-corrected chi connectivity index (χ1v) is 6.70. The Morgan fingerprint density at radius 2 is 2.06 bits per heavy atom. The first-order chi connectivity index (χ1) is 8.31. The summed E-state index contributed by atoms with van der Waals surface area (Å²) in [5.74, 6) is 0.870. The van der Waals surface area contributed by atoms with Gasteiger partial charge in [0, 0.05) is 13.0 Å². The molecular formula is C14H20BrNO2. The molecule has 0 saturated carbocycles. The second-order valence-electron chi connectivity index (χ2n) is 5.48. The highest BCUT2D eigenvalue weighted by Crippen LogP contribution is 2.25. The number of ether oxygens (including phenoxy) is 1. The Hall–Kier alpha value is -1.03. The highest BCUT2D eigenvalue weighted by molar-refractivity contribution is 9.10. The van der Waals surface area contributed by atoms with E-state index in [0.717, 1.165) is 15.8 Å². The zero-order chi connectivity index (χ0) is 13.8. The number of amides is 1. The van der Waals surface area contributed by atoms with Gasteiger partial charge in [0.1, 0.15) is 5.75 Å². The predicted octanol–water partition coefficient (Wildman–Crippen LogP) is 3.51. The van der Waals surface area contributed by atoms with Crippen molar-refractivity contribution in [3.05, 3.63) is 28.2 Å². The lowest BCUT2D eigenvalue weighted by molar-refractivity contribution is -0.122. The van der Waals surface area contributed by atoms with E-state index in [1.165, 1.54) is 0 Å². The van der Waals surface area contributed by atoms with Gasteiger partial charge in [-0.3, -0.25) is 4.79 Å². The highest BCUT2D eigenvalue weighted by Gasteiger charge is 2.15. The summed E-state index contributed by atoms with van der Waals surface area (Å²) in [5, 5.41) is 2.92. The Morgan fingerprint density at radius 1 is 1.39 bits per heavy atom. The molecule has 0 atom stereocenters. The molecule has 0 aliphatic carbocycles. The maximum absolute atomic E-state index is 11.7. The first kappa shape index (κ1) is 15.0. The number of halogens is 1. The van der Waals surface area contributed by atoms with Gasteiger partial charge in [0.15, 0.2) is 0 Å². The van der Waals surface area contributed by atoms with E-state index in [1.54, 1.807) is 7.11 Å². The third kappa shape index (κ3) is 5.08. The maximum atomic E-state index is 11.7. The molecule has 4 heteroatoms. The van der Waals surface area contributed by atoms with Gasteiger partial charge in [0.25, 0.3) is 0 Å². The lowest BCUT2D eigenvalue weighted by atomic mass is 9.92. The van der Waals surface area contributed by atoms with Crippen molar-refractivity contribution in [2.24, 2.45) is 5.41 Å². The van der Waals surface area contributed by atoms with Crippen molar-refractivity contribution in [2.45, 2.75) is 33.7 Å². The summed E-state index contributed by atoms with van der Waals surface area (Å²) in [6.45, 7) is 6.70. The van der Waals surface area contributed by atoms with Crippen molar-refractivity contribution in [3.8, 4) is 5.75 Å². The molecule has 0 unspecified atom stereocenters. The number of rotatable bonds is 4. The standard InChI is InChI=1S/C14H20BrNO2/c1-14(2,3)8-13(17)16-9-10-5-6-12(18-4)11(15)7-10/h5-7H,8-9H2,1-4H3,(H,16,17). The Bertz CT molecular complexity index is 424. The van der Waals surface area contributed by atoms with Crippen molar-refractivity contribution >= 4 is 21.8 Å². The van der Waals surface area contributed by atoms with Gasteiger partial charge in [0.05, 0.1) is 11.6 Å². The molecule has 0 radical (unpaired) electrons. The molecule has 0 spiro atoms. The minimum atomic E-state index is 0.0184. The first-order valence-electron chi connectivity index (χ1n) is 5.91. The molecule has 0 fully saturated rings. The van der Waals surface area contributed by atoms with Gasteiger partial charge < -0.3 is 10.1 Å². The van der Waals surface area contributed by atoms with Crippen molar-refractivity contribution in [3.63, 3.8) is 0 Å². The fourth-order valence-electron chi connectivity index (χ4n) is 1.56. The van der Waals surface area contributed by atoms with Crippen molar-refractivity contribution in [2.75, 3.05) is 7.11 Å². The molecule has 1 aromatic rings. The number of methoxy groups -OCH3 is 1. The van der Waals surface area contributed by atoms with Crippen LogP contribution in [0.5, 0.6) is 5.75 Å². The molecule has 1 amide bonds. The van der Waals surface area contributed by atoms with Crippen LogP contribution in [-0.2, 0) is 11.3 Å². The minimum Gasteiger partial charge on any atom is -0.496 e. The molecule has 0 aliphatic rings. The summed E-state index contributed by atoms with van der Waals surface area (Å²) in [6.07, 6.45) is 0.532. The van der Waals surface area contributed by atoms with E-state index in [2.05, 4.69) is 42.0 Å². The molecule has 0 heterocycles. The van der Waals surface area contributed by atoms with Gasteiger partial charge >= 0.3 is 0 Å². The zero-order valence-corrected chi connectivity index (χ0v) is 12.9. The zero-order valence-electron chi connectivity index (χ0n) is 11.3. The SMILES string of the molecule is COc1ccc(CNC(=O)CC(C)(C)C)cc1Br. The summed E-state index contributed by atoms with van der Waals surface area (Å²) in [6, 6.07) is 5.78. The fraction of sp³-hybridized carbons (Fsp3) is 0.500.